The van der Waals surface area contributed by atoms with Crippen LogP contribution in [-0.2, 0) is 0 Å². The molecule has 1 aliphatic heterocycles. The number of hydrogen-bond acceptors (Lipinski definition) is 4. The second-order valence-electron chi connectivity index (χ2n) is 1.64. The van der Waals surface area contributed by atoms with Gasteiger partial charge in [-0.25, -0.2) is 14.6 Å². The lowest BCUT2D eigenvalue weighted by Crippen LogP contribution is -2.43. The fourth-order valence-corrected chi connectivity index (χ4v) is 1.01. The SMILES string of the molecule is O=C(O)NNN1C=CC=CS1. The third-order valence-electron chi connectivity index (χ3n) is 0.859. The molecule has 60 valence electrons. The number of allylic oxidation sites excluding steroid dienone is 2. The third kappa shape index (κ3) is 2.96. The van der Waals surface area contributed by atoms with Gasteiger partial charge in [0.15, 0.2) is 0 Å². The number of nitrogens with zero attached hydrogens (tertiary/aromatic N) is 1. The Hall–Kier alpha value is -1.14. The van der Waals surface area contributed by atoms with Crippen LogP contribution in [0, 0.1) is 0 Å². The molecule has 5 nitrogen and oxygen atoms in total. The van der Waals surface area contributed by atoms with E-state index >= 15 is 0 Å². The summed E-state index contributed by atoms with van der Waals surface area (Å²) in [4.78, 5) is 9.99. The van der Waals surface area contributed by atoms with Crippen molar-refractivity contribution in [2.45, 2.75) is 0 Å². The van der Waals surface area contributed by atoms with Gasteiger partial charge in [0.2, 0.25) is 0 Å². The van der Waals surface area contributed by atoms with E-state index in [2.05, 4.69) is 5.53 Å². The first-order valence-corrected chi connectivity index (χ1v) is 3.66. The molecule has 0 aliphatic carbocycles. The van der Waals surface area contributed by atoms with E-state index in [9.17, 15) is 4.79 Å². The van der Waals surface area contributed by atoms with Crippen molar-refractivity contribution in [1.29, 1.82) is 0 Å². The molecule has 0 atom stereocenters. The van der Waals surface area contributed by atoms with Crippen molar-refractivity contribution in [1.82, 2.24) is 15.4 Å². The molecule has 1 rings (SSSR count). The topological polar surface area (TPSA) is 64.6 Å². The fourth-order valence-electron chi connectivity index (χ4n) is 0.476. The molecule has 0 saturated heterocycles. The van der Waals surface area contributed by atoms with Crippen LogP contribution < -0.4 is 11.0 Å². The minimum absolute atomic E-state index is 1.12. The molecule has 0 spiro atoms. The number of hydrogen-bond donors (Lipinski definition) is 3. The number of rotatable bonds is 2. The fraction of sp³-hybridized carbons (Fsp3) is 0. The highest BCUT2D eigenvalue weighted by atomic mass is 32.2. The van der Waals surface area contributed by atoms with Crippen LogP contribution in [0.1, 0.15) is 0 Å². The third-order valence-corrected chi connectivity index (χ3v) is 1.58. The minimum atomic E-state index is -1.12. The molecule has 1 heterocycles. The summed E-state index contributed by atoms with van der Waals surface area (Å²) in [7, 11) is 0. The Morgan fingerprint density at radius 1 is 1.55 bits per heavy atom. The summed E-state index contributed by atoms with van der Waals surface area (Å²) < 4.78 is 1.52. The molecule has 3 N–H and O–H groups in total. The molecular weight excluding hydrogens is 166 g/mol. The van der Waals surface area contributed by atoms with Crippen LogP contribution in [0.15, 0.2) is 23.8 Å². The van der Waals surface area contributed by atoms with E-state index < -0.39 is 6.09 Å². The Morgan fingerprint density at radius 2 is 2.36 bits per heavy atom. The van der Waals surface area contributed by atoms with E-state index in [-0.39, 0.29) is 0 Å². The summed E-state index contributed by atoms with van der Waals surface area (Å²) in [5.41, 5.74) is 4.43. The van der Waals surface area contributed by atoms with Gasteiger partial charge in [0, 0.05) is 6.20 Å². The zero-order chi connectivity index (χ0) is 8.10. The highest BCUT2D eigenvalue weighted by Crippen LogP contribution is 2.11. The van der Waals surface area contributed by atoms with Crippen LogP contribution >= 0.6 is 11.9 Å². The minimum Gasteiger partial charge on any atom is -0.464 e. The van der Waals surface area contributed by atoms with Crippen LogP contribution in [0.5, 0.6) is 0 Å². The molecular formula is C5H7N3O2S. The molecule has 1 amide bonds. The highest BCUT2D eigenvalue weighted by Gasteiger charge is 1.99. The second kappa shape index (κ2) is 3.89. The van der Waals surface area contributed by atoms with Gasteiger partial charge in [0.25, 0.3) is 0 Å². The maximum Gasteiger partial charge on any atom is 0.420 e. The molecule has 0 radical (unpaired) electrons. The predicted octanol–water partition coefficient (Wildman–Crippen LogP) is 0.665. The normalized spacial score (nSPS) is 15.1. The Bertz CT molecular complexity index is 204. The number of nitrogens with one attached hydrogen (secondary N) is 2. The summed E-state index contributed by atoms with van der Waals surface area (Å²) >= 11 is 1.33. The Balaban J connectivity index is 2.22. The van der Waals surface area contributed by atoms with Gasteiger partial charge < -0.3 is 5.11 Å². The summed E-state index contributed by atoms with van der Waals surface area (Å²) in [6, 6.07) is 0. The van der Waals surface area contributed by atoms with Gasteiger partial charge in [0.05, 0.1) is 0 Å². The van der Waals surface area contributed by atoms with Gasteiger partial charge in [-0.3, -0.25) is 0 Å². The van der Waals surface area contributed by atoms with Gasteiger partial charge in [0.1, 0.15) is 0 Å². The van der Waals surface area contributed by atoms with Crippen LogP contribution in [0.3, 0.4) is 0 Å². The number of hydrazine groups is 2. The van der Waals surface area contributed by atoms with Crippen molar-refractivity contribution < 1.29 is 9.90 Å². The monoisotopic (exact) mass is 173 g/mol. The molecule has 0 bridgehead atoms. The van der Waals surface area contributed by atoms with E-state index in [1.165, 1.54) is 16.4 Å². The van der Waals surface area contributed by atoms with Crippen molar-refractivity contribution in [3.63, 3.8) is 0 Å². The molecule has 0 fully saturated rings. The van der Waals surface area contributed by atoms with Crippen LogP contribution in [-0.4, -0.2) is 15.6 Å². The molecule has 0 aromatic rings. The van der Waals surface area contributed by atoms with Crippen LogP contribution in [0.4, 0.5) is 4.79 Å². The smallest absolute Gasteiger partial charge is 0.420 e. The summed E-state index contributed by atoms with van der Waals surface area (Å²) in [5.74, 6) is 0. The van der Waals surface area contributed by atoms with E-state index in [0.29, 0.717) is 0 Å². The maximum atomic E-state index is 9.99. The van der Waals surface area contributed by atoms with Gasteiger partial charge in [-0.05, 0) is 23.4 Å². The summed E-state index contributed by atoms with van der Waals surface area (Å²) in [5, 5.41) is 10.0. The van der Waals surface area contributed by atoms with Crippen molar-refractivity contribution >= 4 is 18.0 Å². The lowest BCUT2D eigenvalue weighted by Gasteiger charge is -2.18. The van der Waals surface area contributed by atoms with Gasteiger partial charge >= 0.3 is 6.09 Å². The first-order chi connectivity index (χ1) is 5.29. The van der Waals surface area contributed by atoms with Gasteiger partial charge in [-0.1, -0.05) is 6.08 Å². The summed E-state index contributed by atoms with van der Waals surface area (Å²) in [6.07, 6.45) is 4.21. The zero-order valence-corrected chi connectivity index (χ0v) is 6.34. The van der Waals surface area contributed by atoms with E-state index in [1.54, 1.807) is 12.3 Å². The molecule has 6 heteroatoms. The molecule has 0 aromatic heterocycles. The first-order valence-electron chi connectivity index (χ1n) is 2.83. The quantitative estimate of drug-likeness (QED) is 0.423. The molecule has 1 aliphatic rings. The second-order valence-corrected chi connectivity index (χ2v) is 2.52. The zero-order valence-electron chi connectivity index (χ0n) is 5.52. The predicted molar refractivity (Wildman–Crippen MR) is 42.0 cm³/mol. The van der Waals surface area contributed by atoms with Crippen molar-refractivity contribution in [2.24, 2.45) is 0 Å². The Labute approximate surface area is 67.8 Å². The van der Waals surface area contributed by atoms with Crippen molar-refractivity contribution in [3.05, 3.63) is 23.8 Å². The van der Waals surface area contributed by atoms with E-state index in [0.717, 1.165) is 0 Å². The average molecular weight is 173 g/mol. The Morgan fingerprint density at radius 3 is 2.91 bits per heavy atom. The molecule has 0 unspecified atom stereocenters. The lowest BCUT2D eigenvalue weighted by atomic mass is 10.6. The average Bonchev–Trinajstić information content (AvgIpc) is 2.03. The summed E-state index contributed by atoms with van der Waals surface area (Å²) in [6.45, 7) is 0. The maximum absolute atomic E-state index is 9.99. The Kier molecular flexibility index (Phi) is 2.82. The van der Waals surface area contributed by atoms with Crippen LogP contribution in [0.2, 0.25) is 0 Å². The molecule has 11 heavy (non-hydrogen) atoms. The largest absolute Gasteiger partial charge is 0.464 e. The number of carbonyl (C=O) groups is 1. The highest BCUT2D eigenvalue weighted by molar-refractivity contribution is 7.99. The number of carboxylic acid groups (broad SMARTS) is 1. The molecule has 0 saturated carbocycles. The van der Waals surface area contributed by atoms with E-state index in [4.69, 9.17) is 5.11 Å². The molecule has 0 aromatic carbocycles. The van der Waals surface area contributed by atoms with Crippen molar-refractivity contribution in [3.8, 4) is 0 Å². The standard InChI is InChI=1S/C5H7N3O2S/c9-5(10)6-7-8-3-1-2-4-11-8/h1-4,6-7H,(H,9,10). The van der Waals surface area contributed by atoms with Gasteiger partial charge in [-0.15, -0.1) is 5.53 Å². The van der Waals surface area contributed by atoms with Crippen LogP contribution in [0.25, 0.3) is 0 Å². The lowest BCUT2D eigenvalue weighted by molar-refractivity contribution is 0.181. The number of amides is 1. The van der Waals surface area contributed by atoms with Gasteiger partial charge in [-0.2, -0.15) is 0 Å². The van der Waals surface area contributed by atoms with E-state index in [1.807, 2.05) is 16.9 Å². The van der Waals surface area contributed by atoms with Crippen molar-refractivity contribution in [2.75, 3.05) is 0 Å². The first kappa shape index (κ1) is 7.96.